The van der Waals surface area contributed by atoms with Gasteiger partial charge in [0.15, 0.2) is 0 Å². The van der Waals surface area contributed by atoms with E-state index in [1.54, 1.807) is 7.11 Å². The van der Waals surface area contributed by atoms with E-state index in [9.17, 15) is 0 Å². The van der Waals surface area contributed by atoms with E-state index in [4.69, 9.17) is 4.74 Å². The fraction of sp³-hybridized carbons (Fsp3) is 0.353. The fourth-order valence-electron chi connectivity index (χ4n) is 2.21. The van der Waals surface area contributed by atoms with Crippen molar-refractivity contribution in [3.05, 3.63) is 58.9 Å². The van der Waals surface area contributed by atoms with Crippen LogP contribution in [0.25, 0.3) is 0 Å². The molecule has 100 valence electrons. The molecule has 1 aromatic carbocycles. The average Bonchev–Trinajstić information content (AvgIpc) is 2.46. The maximum atomic E-state index is 5.16. The molecule has 19 heavy (non-hydrogen) atoms. The van der Waals surface area contributed by atoms with E-state index in [-0.39, 0.29) is 0 Å². The summed E-state index contributed by atoms with van der Waals surface area (Å²) in [4.78, 5) is 4.53. The first-order valence-corrected chi connectivity index (χ1v) is 6.80. The van der Waals surface area contributed by atoms with Crippen LogP contribution in [0.4, 0.5) is 0 Å². The van der Waals surface area contributed by atoms with Gasteiger partial charge in [0.2, 0.25) is 0 Å². The van der Waals surface area contributed by atoms with Gasteiger partial charge in [-0.05, 0) is 61.1 Å². The molecule has 0 atom stereocenters. The molecule has 0 bridgehead atoms. The molecule has 0 amide bonds. The van der Waals surface area contributed by atoms with Crippen LogP contribution in [0.5, 0.6) is 5.75 Å². The molecular formula is C17H21NO. The predicted molar refractivity (Wildman–Crippen MR) is 78.8 cm³/mol. The average molecular weight is 255 g/mol. The maximum absolute atomic E-state index is 5.16. The number of pyridine rings is 1. The number of methoxy groups -OCH3 is 1. The third kappa shape index (κ3) is 3.57. The second-order valence-electron chi connectivity index (χ2n) is 4.80. The molecule has 0 radical (unpaired) electrons. The first-order valence-electron chi connectivity index (χ1n) is 6.80. The zero-order valence-corrected chi connectivity index (χ0v) is 11.9. The summed E-state index contributed by atoms with van der Waals surface area (Å²) in [6.07, 6.45) is 5.06. The Balaban J connectivity index is 1.99. The van der Waals surface area contributed by atoms with E-state index in [0.29, 0.717) is 0 Å². The van der Waals surface area contributed by atoms with Crippen LogP contribution >= 0.6 is 0 Å². The SMILES string of the molecule is CCc1cnc(CCc2ccc(OC)cc2)cc1C. The molecule has 0 unspecified atom stereocenters. The molecule has 0 saturated carbocycles. The van der Waals surface area contributed by atoms with Crippen molar-refractivity contribution >= 4 is 0 Å². The molecule has 1 aromatic heterocycles. The largest absolute Gasteiger partial charge is 0.497 e. The van der Waals surface area contributed by atoms with Gasteiger partial charge in [0.1, 0.15) is 5.75 Å². The Bertz CT molecular complexity index is 531. The smallest absolute Gasteiger partial charge is 0.118 e. The predicted octanol–water partition coefficient (Wildman–Crippen LogP) is 3.75. The number of hydrogen-bond donors (Lipinski definition) is 0. The van der Waals surface area contributed by atoms with Crippen LogP contribution in [0.15, 0.2) is 36.5 Å². The second kappa shape index (κ2) is 6.37. The minimum absolute atomic E-state index is 0.907. The Morgan fingerprint density at radius 1 is 1.11 bits per heavy atom. The highest BCUT2D eigenvalue weighted by molar-refractivity contribution is 5.29. The van der Waals surface area contributed by atoms with Crippen LogP contribution in [-0.4, -0.2) is 12.1 Å². The number of rotatable bonds is 5. The summed E-state index contributed by atoms with van der Waals surface area (Å²) in [5.74, 6) is 0.907. The Labute approximate surface area is 115 Å². The van der Waals surface area contributed by atoms with Gasteiger partial charge in [-0.2, -0.15) is 0 Å². The summed E-state index contributed by atoms with van der Waals surface area (Å²) >= 11 is 0. The number of aromatic nitrogens is 1. The molecule has 0 spiro atoms. The van der Waals surface area contributed by atoms with Crippen LogP contribution < -0.4 is 4.74 Å². The standard InChI is InChI=1S/C17H21NO/c1-4-15-12-18-16(11-13(15)2)8-5-14-6-9-17(19-3)10-7-14/h6-7,9-12H,4-5,8H2,1-3H3. The highest BCUT2D eigenvalue weighted by Crippen LogP contribution is 2.14. The van der Waals surface area contributed by atoms with Gasteiger partial charge in [-0.3, -0.25) is 4.98 Å². The molecule has 1 heterocycles. The van der Waals surface area contributed by atoms with Gasteiger partial charge in [-0.15, -0.1) is 0 Å². The molecule has 0 saturated heterocycles. The first kappa shape index (κ1) is 13.6. The number of nitrogens with zero attached hydrogens (tertiary/aromatic N) is 1. The van der Waals surface area contributed by atoms with Gasteiger partial charge >= 0.3 is 0 Å². The molecule has 0 N–H and O–H groups in total. The number of hydrogen-bond acceptors (Lipinski definition) is 2. The molecule has 0 fully saturated rings. The van der Waals surface area contributed by atoms with Gasteiger partial charge < -0.3 is 4.74 Å². The van der Waals surface area contributed by atoms with E-state index >= 15 is 0 Å². The molecule has 0 aliphatic heterocycles. The number of benzene rings is 1. The minimum Gasteiger partial charge on any atom is -0.497 e. The maximum Gasteiger partial charge on any atom is 0.118 e. The Hall–Kier alpha value is -1.83. The van der Waals surface area contributed by atoms with Crippen molar-refractivity contribution in [3.8, 4) is 5.75 Å². The van der Waals surface area contributed by atoms with E-state index in [0.717, 1.165) is 25.0 Å². The molecule has 2 aromatic rings. The number of ether oxygens (including phenoxy) is 1. The molecule has 2 nitrogen and oxygen atoms in total. The normalized spacial score (nSPS) is 10.5. The van der Waals surface area contributed by atoms with E-state index < -0.39 is 0 Å². The van der Waals surface area contributed by atoms with Crippen LogP contribution in [-0.2, 0) is 19.3 Å². The van der Waals surface area contributed by atoms with Crippen LogP contribution in [0.2, 0.25) is 0 Å². The Morgan fingerprint density at radius 3 is 2.42 bits per heavy atom. The third-order valence-electron chi connectivity index (χ3n) is 3.49. The minimum atomic E-state index is 0.907. The lowest BCUT2D eigenvalue weighted by Gasteiger charge is -2.07. The van der Waals surface area contributed by atoms with Crippen molar-refractivity contribution in [2.24, 2.45) is 0 Å². The van der Waals surface area contributed by atoms with Gasteiger partial charge in [0.25, 0.3) is 0 Å². The molecule has 0 aliphatic rings. The van der Waals surface area contributed by atoms with E-state index in [1.165, 1.54) is 22.4 Å². The van der Waals surface area contributed by atoms with E-state index in [2.05, 4.69) is 37.0 Å². The zero-order chi connectivity index (χ0) is 13.7. The molecular weight excluding hydrogens is 234 g/mol. The Morgan fingerprint density at radius 2 is 1.84 bits per heavy atom. The monoisotopic (exact) mass is 255 g/mol. The summed E-state index contributed by atoms with van der Waals surface area (Å²) in [7, 11) is 1.69. The van der Waals surface area contributed by atoms with Crippen molar-refractivity contribution in [1.82, 2.24) is 4.98 Å². The van der Waals surface area contributed by atoms with Crippen molar-refractivity contribution in [2.75, 3.05) is 7.11 Å². The van der Waals surface area contributed by atoms with Crippen molar-refractivity contribution in [3.63, 3.8) is 0 Å². The van der Waals surface area contributed by atoms with Crippen LogP contribution in [0.3, 0.4) is 0 Å². The van der Waals surface area contributed by atoms with Gasteiger partial charge in [-0.1, -0.05) is 19.1 Å². The second-order valence-corrected chi connectivity index (χ2v) is 4.80. The molecule has 2 heteroatoms. The fourth-order valence-corrected chi connectivity index (χ4v) is 2.21. The van der Waals surface area contributed by atoms with Crippen molar-refractivity contribution in [1.29, 1.82) is 0 Å². The summed E-state index contributed by atoms with van der Waals surface area (Å²) in [5.41, 5.74) is 5.18. The highest BCUT2D eigenvalue weighted by atomic mass is 16.5. The quantitative estimate of drug-likeness (QED) is 0.812. The van der Waals surface area contributed by atoms with Gasteiger partial charge in [-0.25, -0.2) is 0 Å². The lowest BCUT2D eigenvalue weighted by molar-refractivity contribution is 0.414. The topological polar surface area (TPSA) is 22.1 Å². The van der Waals surface area contributed by atoms with E-state index in [1.807, 2.05) is 18.3 Å². The first-order chi connectivity index (χ1) is 9.22. The van der Waals surface area contributed by atoms with Crippen molar-refractivity contribution in [2.45, 2.75) is 33.1 Å². The lowest BCUT2D eigenvalue weighted by Crippen LogP contribution is -1.98. The summed E-state index contributed by atoms with van der Waals surface area (Å²) in [6, 6.07) is 10.5. The van der Waals surface area contributed by atoms with Crippen molar-refractivity contribution < 1.29 is 4.74 Å². The Kier molecular flexibility index (Phi) is 4.56. The number of aryl methyl sites for hydroxylation is 4. The molecule has 0 aliphatic carbocycles. The highest BCUT2D eigenvalue weighted by Gasteiger charge is 2.01. The summed E-state index contributed by atoms with van der Waals surface area (Å²) in [5, 5.41) is 0. The van der Waals surface area contributed by atoms with Crippen LogP contribution in [0, 0.1) is 6.92 Å². The zero-order valence-electron chi connectivity index (χ0n) is 11.9. The summed E-state index contributed by atoms with van der Waals surface area (Å²) in [6.45, 7) is 4.33. The third-order valence-corrected chi connectivity index (χ3v) is 3.49. The lowest BCUT2D eigenvalue weighted by atomic mass is 10.0. The van der Waals surface area contributed by atoms with Gasteiger partial charge in [0.05, 0.1) is 7.11 Å². The molecule has 2 rings (SSSR count). The van der Waals surface area contributed by atoms with Gasteiger partial charge in [0, 0.05) is 11.9 Å². The van der Waals surface area contributed by atoms with Crippen LogP contribution in [0.1, 0.15) is 29.3 Å². The summed E-state index contributed by atoms with van der Waals surface area (Å²) < 4.78 is 5.16.